The van der Waals surface area contributed by atoms with Gasteiger partial charge in [0, 0.05) is 6.42 Å². The van der Waals surface area contributed by atoms with E-state index in [2.05, 4.69) is 31.3 Å². The van der Waals surface area contributed by atoms with Gasteiger partial charge in [-0.25, -0.2) is 0 Å². The van der Waals surface area contributed by atoms with Crippen molar-refractivity contribution in [2.45, 2.75) is 373 Å². The van der Waals surface area contributed by atoms with Crippen LogP contribution >= 0.6 is 0 Å². The number of aliphatic hydroxyl groups excluding tert-OH is 2. The molecule has 2 atom stereocenters. The fraction of sp³-hybridized carbons (Fsp3) is 0.952. The normalized spacial score (nSPS) is 12.7. The summed E-state index contributed by atoms with van der Waals surface area (Å²) < 4.78 is 0. The van der Waals surface area contributed by atoms with Gasteiger partial charge in [-0.05, 0) is 38.5 Å². The second-order valence-corrected chi connectivity index (χ2v) is 21.5. The lowest BCUT2D eigenvalue weighted by molar-refractivity contribution is -0.123. The third-order valence-electron chi connectivity index (χ3n) is 14.8. The summed E-state index contributed by atoms with van der Waals surface area (Å²) in [4.78, 5) is 12.5. The van der Waals surface area contributed by atoms with Crippen molar-refractivity contribution in [1.82, 2.24) is 5.32 Å². The highest BCUT2D eigenvalue weighted by Gasteiger charge is 2.20. The van der Waals surface area contributed by atoms with Crippen molar-refractivity contribution in [2.75, 3.05) is 6.61 Å². The zero-order chi connectivity index (χ0) is 47.7. The van der Waals surface area contributed by atoms with Crippen LogP contribution in [0.15, 0.2) is 12.2 Å². The fourth-order valence-electron chi connectivity index (χ4n) is 10.1. The SMILES string of the molecule is CCCCCCCCCCCCCC/C=C\CCCCCCCCCCCCCCCCCCCC(=O)NC(CO)C(O)CCCCCCCCCCCCCCCCCCCCCCC. The summed E-state index contributed by atoms with van der Waals surface area (Å²) in [7, 11) is 0. The molecule has 0 spiro atoms. The molecule has 0 saturated carbocycles. The summed E-state index contributed by atoms with van der Waals surface area (Å²) in [6.45, 7) is 4.41. The molecule has 3 N–H and O–H groups in total. The van der Waals surface area contributed by atoms with Crippen LogP contribution in [0, 0.1) is 0 Å². The lowest BCUT2D eigenvalue weighted by atomic mass is 10.0. The molecular formula is C62H123NO3. The molecule has 0 heterocycles. The van der Waals surface area contributed by atoms with Crippen LogP contribution in [-0.2, 0) is 4.79 Å². The van der Waals surface area contributed by atoms with Gasteiger partial charge in [-0.3, -0.25) is 4.79 Å². The van der Waals surface area contributed by atoms with Crippen LogP contribution in [0.5, 0.6) is 0 Å². The quantitative estimate of drug-likeness (QED) is 0.0420. The Morgan fingerprint density at radius 1 is 0.348 bits per heavy atom. The van der Waals surface area contributed by atoms with E-state index >= 15 is 0 Å². The molecule has 0 aromatic rings. The molecule has 2 unspecified atom stereocenters. The van der Waals surface area contributed by atoms with Crippen molar-refractivity contribution in [3.8, 4) is 0 Å². The summed E-state index contributed by atoms with van der Waals surface area (Å²) in [5.41, 5.74) is 0. The maximum Gasteiger partial charge on any atom is 0.220 e. The Kier molecular flexibility index (Phi) is 57.7. The first-order valence-electron chi connectivity index (χ1n) is 30.9. The van der Waals surface area contributed by atoms with Gasteiger partial charge in [0.15, 0.2) is 0 Å². The van der Waals surface area contributed by atoms with Gasteiger partial charge >= 0.3 is 0 Å². The molecule has 66 heavy (non-hydrogen) atoms. The monoisotopic (exact) mass is 930 g/mol. The minimum atomic E-state index is -0.657. The van der Waals surface area contributed by atoms with Crippen molar-refractivity contribution >= 4 is 5.91 Å². The van der Waals surface area contributed by atoms with Crippen LogP contribution in [0.1, 0.15) is 361 Å². The topological polar surface area (TPSA) is 69.6 Å². The molecule has 0 aliphatic heterocycles. The second kappa shape index (κ2) is 58.4. The third-order valence-corrected chi connectivity index (χ3v) is 14.8. The molecule has 4 heteroatoms. The summed E-state index contributed by atoms with van der Waals surface area (Å²) in [6.07, 6.45) is 76.6. The Bertz CT molecular complexity index is 921. The van der Waals surface area contributed by atoms with Crippen LogP contribution in [0.2, 0.25) is 0 Å². The number of amides is 1. The standard InChI is InChI=1S/C62H123NO3/c1-3-5-7-9-11-13-15-17-19-21-23-25-26-27-28-29-30-31-32-33-34-35-36-38-40-42-44-46-48-50-52-54-56-58-62(66)63-60(59-64)61(65)57-55-53-51-49-47-45-43-41-39-37-24-22-20-18-16-14-12-10-8-6-4-2/h27-28,60-61,64-65H,3-26,29-59H2,1-2H3,(H,63,66)/b28-27-. The Hall–Kier alpha value is -0.870. The van der Waals surface area contributed by atoms with Gasteiger partial charge in [0.25, 0.3) is 0 Å². The molecule has 394 valence electrons. The van der Waals surface area contributed by atoms with Gasteiger partial charge in [0.05, 0.1) is 18.8 Å². The van der Waals surface area contributed by atoms with E-state index in [1.54, 1.807) is 0 Å². The van der Waals surface area contributed by atoms with Crippen LogP contribution < -0.4 is 5.32 Å². The Morgan fingerprint density at radius 3 is 0.833 bits per heavy atom. The van der Waals surface area contributed by atoms with E-state index in [1.807, 2.05) is 0 Å². The minimum absolute atomic E-state index is 0.0229. The number of unbranched alkanes of at least 4 members (excludes halogenated alkanes) is 49. The summed E-state index contributed by atoms with van der Waals surface area (Å²) in [5.74, 6) is -0.0229. The minimum Gasteiger partial charge on any atom is -0.394 e. The average Bonchev–Trinajstić information content (AvgIpc) is 3.32. The lowest BCUT2D eigenvalue weighted by Gasteiger charge is -2.22. The first-order chi connectivity index (χ1) is 32.7. The van der Waals surface area contributed by atoms with Gasteiger partial charge in [-0.2, -0.15) is 0 Å². The molecule has 0 fully saturated rings. The highest BCUT2D eigenvalue weighted by molar-refractivity contribution is 5.76. The van der Waals surface area contributed by atoms with Crippen molar-refractivity contribution in [1.29, 1.82) is 0 Å². The van der Waals surface area contributed by atoms with Crippen LogP contribution in [-0.4, -0.2) is 34.9 Å². The summed E-state index contributed by atoms with van der Waals surface area (Å²) >= 11 is 0. The third kappa shape index (κ3) is 54.1. The largest absolute Gasteiger partial charge is 0.394 e. The maximum absolute atomic E-state index is 12.5. The number of carbonyl (C=O) groups is 1. The molecule has 0 aromatic heterocycles. The molecule has 0 aromatic carbocycles. The summed E-state index contributed by atoms with van der Waals surface area (Å²) in [6, 6.07) is -0.533. The van der Waals surface area contributed by atoms with E-state index < -0.39 is 12.1 Å². The van der Waals surface area contributed by atoms with E-state index in [-0.39, 0.29) is 12.5 Å². The molecule has 0 aliphatic rings. The fourth-order valence-corrected chi connectivity index (χ4v) is 10.1. The number of hydrogen-bond acceptors (Lipinski definition) is 3. The van der Waals surface area contributed by atoms with Gasteiger partial charge in [-0.15, -0.1) is 0 Å². The number of allylic oxidation sites excluding steroid dienone is 2. The smallest absolute Gasteiger partial charge is 0.220 e. The van der Waals surface area contributed by atoms with Crippen molar-refractivity contribution in [3.05, 3.63) is 12.2 Å². The number of aliphatic hydroxyl groups is 2. The van der Waals surface area contributed by atoms with E-state index in [4.69, 9.17) is 0 Å². The number of hydrogen-bond donors (Lipinski definition) is 3. The predicted molar refractivity (Wildman–Crippen MR) is 295 cm³/mol. The zero-order valence-electron chi connectivity index (χ0n) is 45.5. The van der Waals surface area contributed by atoms with E-state index in [1.165, 1.54) is 308 Å². The van der Waals surface area contributed by atoms with Crippen LogP contribution in [0.3, 0.4) is 0 Å². The van der Waals surface area contributed by atoms with E-state index in [0.29, 0.717) is 12.8 Å². The second-order valence-electron chi connectivity index (χ2n) is 21.5. The van der Waals surface area contributed by atoms with E-state index in [9.17, 15) is 15.0 Å². The van der Waals surface area contributed by atoms with Crippen LogP contribution in [0.25, 0.3) is 0 Å². The average molecular weight is 931 g/mol. The molecule has 0 radical (unpaired) electrons. The molecule has 0 bridgehead atoms. The first kappa shape index (κ1) is 65.1. The predicted octanol–water partition coefficient (Wildman–Crippen LogP) is 20.5. The van der Waals surface area contributed by atoms with Crippen LogP contribution in [0.4, 0.5) is 0 Å². The van der Waals surface area contributed by atoms with Crippen molar-refractivity contribution < 1.29 is 15.0 Å². The van der Waals surface area contributed by atoms with Gasteiger partial charge in [-0.1, -0.05) is 328 Å². The Labute approximate surface area is 416 Å². The maximum atomic E-state index is 12.5. The molecule has 1 amide bonds. The molecule has 0 aliphatic carbocycles. The van der Waals surface area contributed by atoms with Gasteiger partial charge < -0.3 is 15.5 Å². The highest BCUT2D eigenvalue weighted by atomic mass is 16.3. The first-order valence-corrected chi connectivity index (χ1v) is 30.9. The number of nitrogens with one attached hydrogen (secondary N) is 1. The molecular weight excluding hydrogens is 807 g/mol. The zero-order valence-corrected chi connectivity index (χ0v) is 45.5. The lowest BCUT2D eigenvalue weighted by Crippen LogP contribution is -2.45. The molecule has 0 rings (SSSR count). The Morgan fingerprint density at radius 2 is 0.576 bits per heavy atom. The van der Waals surface area contributed by atoms with Gasteiger partial charge in [0.1, 0.15) is 0 Å². The van der Waals surface area contributed by atoms with Crippen molar-refractivity contribution in [2.24, 2.45) is 0 Å². The molecule has 0 saturated heterocycles. The number of rotatable bonds is 58. The highest BCUT2D eigenvalue weighted by Crippen LogP contribution is 2.19. The number of carbonyl (C=O) groups excluding carboxylic acids is 1. The Balaban J connectivity index is 3.39. The van der Waals surface area contributed by atoms with Gasteiger partial charge in [0.2, 0.25) is 5.91 Å². The molecule has 4 nitrogen and oxygen atoms in total. The van der Waals surface area contributed by atoms with E-state index in [0.717, 1.165) is 25.7 Å². The van der Waals surface area contributed by atoms with Crippen molar-refractivity contribution in [3.63, 3.8) is 0 Å². The summed E-state index contributed by atoms with van der Waals surface area (Å²) in [5, 5.41) is 23.4.